The Balaban J connectivity index is 3.28. The molecule has 0 aliphatic rings. The molecule has 0 saturated carbocycles. The van der Waals surface area contributed by atoms with E-state index in [9.17, 15) is 0 Å². The molecular formula is C17H31BrSSi. The van der Waals surface area contributed by atoms with E-state index in [-0.39, 0.29) is 0 Å². The van der Waals surface area contributed by atoms with E-state index in [1.165, 1.54) is 23.0 Å². The first-order valence-electron chi connectivity index (χ1n) is 8.07. The maximum Gasteiger partial charge on any atom is 0.107 e. The quantitative estimate of drug-likeness (QED) is 0.463. The number of halogens is 1. The van der Waals surface area contributed by atoms with E-state index in [4.69, 9.17) is 0 Å². The summed E-state index contributed by atoms with van der Waals surface area (Å²) in [4.78, 5) is 0. The molecule has 0 radical (unpaired) electrons. The summed E-state index contributed by atoms with van der Waals surface area (Å²) in [6.45, 7) is 17.0. The molecule has 0 aliphatic heterocycles. The lowest BCUT2D eigenvalue weighted by atomic mass is 10.2. The molecule has 0 aliphatic carbocycles. The molecular weight excluding hydrogens is 344 g/mol. The average molecular weight is 375 g/mol. The van der Waals surface area contributed by atoms with Crippen molar-refractivity contribution in [1.82, 2.24) is 0 Å². The number of thiophene rings is 1. The van der Waals surface area contributed by atoms with E-state index < -0.39 is 8.07 Å². The van der Waals surface area contributed by atoms with Crippen LogP contribution in [0.15, 0.2) is 9.85 Å². The van der Waals surface area contributed by atoms with Crippen LogP contribution in [0.25, 0.3) is 0 Å². The third-order valence-corrected chi connectivity index (χ3v) is 14.7. The Hall–Kier alpha value is 0.397. The van der Waals surface area contributed by atoms with Crippen LogP contribution in [0.3, 0.4) is 0 Å². The lowest BCUT2D eigenvalue weighted by Crippen LogP contribution is -2.54. The first kappa shape index (κ1) is 18.4. The van der Waals surface area contributed by atoms with Crippen molar-refractivity contribution in [3.8, 4) is 0 Å². The normalized spacial score (nSPS) is 12.9. The number of unbranched alkanes of at least 4 members (excludes halogenated alkanes) is 1. The Bertz CT molecular complexity index is 399. The summed E-state index contributed by atoms with van der Waals surface area (Å²) in [5, 5.41) is 0. The minimum atomic E-state index is -1.46. The fraction of sp³-hybridized carbons (Fsp3) is 0.765. The molecule has 0 bridgehead atoms. The van der Waals surface area contributed by atoms with Gasteiger partial charge in [-0.15, -0.1) is 11.3 Å². The molecule has 0 saturated heterocycles. The van der Waals surface area contributed by atoms with Crippen molar-refractivity contribution >= 4 is 39.8 Å². The van der Waals surface area contributed by atoms with Gasteiger partial charge in [0.25, 0.3) is 0 Å². The van der Waals surface area contributed by atoms with E-state index >= 15 is 0 Å². The van der Waals surface area contributed by atoms with Crippen LogP contribution >= 0.6 is 27.3 Å². The van der Waals surface area contributed by atoms with Crippen LogP contribution in [0.4, 0.5) is 0 Å². The number of aryl methyl sites for hydroxylation is 1. The van der Waals surface area contributed by atoms with E-state index in [0.29, 0.717) is 0 Å². The molecule has 1 rings (SSSR count). The maximum atomic E-state index is 3.83. The van der Waals surface area contributed by atoms with Gasteiger partial charge in [0.15, 0.2) is 0 Å². The van der Waals surface area contributed by atoms with Crippen LogP contribution in [-0.4, -0.2) is 8.07 Å². The summed E-state index contributed by atoms with van der Waals surface area (Å²) >= 11 is 5.86. The zero-order chi connectivity index (χ0) is 15.5. The van der Waals surface area contributed by atoms with Crippen molar-refractivity contribution < 1.29 is 0 Å². The topological polar surface area (TPSA) is 0 Å². The molecule has 0 unspecified atom stereocenters. The van der Waals surface area contributed by atoms with Gasteiger partial charge >= 0.3 is 0 Å². The summed E-state index contributed by atoms with van der Waals surface area (Å²) in [6, 6.07) is 2.55. The molecule has 0 nitrogen and oxygen atoms in total. The Morgan fingerprint density at radius 1 is 1.05 bits per heavy atom. The minimum absolute atomic E-state index is 0.798. The van der Waals surface area contributed by atoms with E-state index in [2.05, 4.69) is 70.5 Å². The van der Waals surface area contributed by atoms with Gasteiger partial charge in [-0.05, 0) is 61.5 Å². The number of hydrogen-bond acceptors (Lipinski definition) is 1. The van der Waals surface area contributed by atoms with Gasteiger partial charge < -0.3 is 0 Å². The molecule has 0 aromatic carbocycles. The summed E-state index contributed by atoms with van der Waals surface area (Å²) in [5.74, 6) is 0. The van der Waals surface area contributed by atoms with Gasteiger partial charge in [-0.25, -0.2) is 0 Å². The molecule has 1 heterocycles. The zero-order valence-electron chi connectivity index (χ0n) is 14.2. The van der Waals surface area contributed by atoms with Crippen LogP contribution in [0.2, 0.25) is 16.6 Å². The van der Waals surface area contributed by atoms with Crippen LogP contribution in [-0.2, 0) is 6.42 Å². The maximum absolute atomic E-state index is 3.83. The van der Waals surface area contributed by atoms with Gasteiger partial charge in [0.1, 0.15) is 8.07 Å². The van der Waals surface area contributed by atoms with Gasteiger partial charge in [0, 0.05) is 0 Å². The highest BCUT2D eigenvalue weighted by Gasteiger charge is 2.45. The van der Waals surface area contributed by atoms with E-state index in [0.717, 1.165) is 16.6 Å². The SMILES string of the molecule is CCCCc1cc([Si](C(C)C)(C(C)C)C(C)C)sc1Br. The molecule has 0 spiro atoms. The largest absolute Gasteiger partial charge is 0.138 e. The smallest absolute Gasteiger partial charge is 0.107 e. The highest BCUT2D eigenvalue weighted by molar-refractivity contribution is 9.11. The van der Waals surface area contributed by atoms with Crippen molar-refractivity contribution in [2.24, 2.45) is 0 Å². The van der Waals surface area contributed by atoms with Crippen LogP contribution in [0, 0.1) is 0 Å². The van der Waals surface area contributed by atoms with Gasteiger partial charge in [-0.1, -0.05) is 54.9 Å². The van der Waals surface area contributed by atoms with Crippen LogP contribution in [0.5, 0.6) is 0 Å². The summed E-state index contributed by atoms with van der Waals surface area (Å²) in [5.41, 5.74) is 3.94. The third-order valence-electron chi connectivity index (χ3n) is 4.85. The average Bonchev–Trinajstić information content (AvgIpc) is 2.67. The monoisotopic (exact) mass is 374 g/mol. The Morgan fingerprint density at radius 3 is 1.95 bits per heavy atom. The fourth-order valence-corrected chi connectivity index (χ4v) is 15.2. The highest BCUT2D eigenvalue weighted by Crippen LogP contribution is 2.43. The second-order valence-electron chi connectivity index (χ2n) is 6.91. The van der Waals surface area contributed by atoms with E-state index in [1.54, 1.807) is 10.1 Å². The first-order valence-corrected chi connectivity index (χ1v) is 11.9. The van der Waals surface area contributed by atoms with E-state index in [1.807, 2.05) is 11.3 Å². The Morgan fingerprint density at radius 2 is 1.55 bits per heavy atom. The van der Waals surface area contributed by atoms with Crippen molar-refractivity contribution in [2.75, 3.05) is 0 Å². The number of hydrogen-bond donors (Lipinski definition) is 0. The van der Waals surface area contributed by atoms with Crippen LogP contribution < -0.4 is 4.50 Å². The second kappa shape index (κ2) is 7.60. The van der Waals surface area contributed by atoms with Crippen molar-refractivity contribution in [1.29, 1.82) is 0 Å². The Labute approximate surface area is 139 Å². The van der Waals surface area contributed by atoms with Gasteiger partial charge in [-0.3, -0.25) is 0 Å². The van der Waals surface area contributed by atoms with Gasteiger partial charge in [0.05, 0.1) is 3.79 Å². The standard InChI is InChI=1S/C17H31BrSSi/c1-8-9-10-15-11-16(19-17(15)18)20(12(2)3,13(4)5)14(6)7/h11-14H,8-10H2,1-7H3. The molecule has 1 aromatic heterocycles. The summed E-state index contributed by atoms with van der Waals surface area (Å²) < 4.78 is 3.11. The molecule has 0 amide bonds. The predicted octanol–water partition coefficient (Wildman–Crippen LogP) is 6.74. The molecule has 0 fully saturated rings. The summed E-state index contributed by atoms with van der Waals surface area (Å²) in [6.07, 6.45) is 3.81. The molecule has 116 valence electrons. The van der Waals surface area contributed by atoms with Crippen LogP contribution in [0.1, 0.15) is 66.9 Å². The second-order valence-corrected chi connectivity index (χ2v) is 15.5. The van der Waals surface area contributed by atoms with Gasteiger partial charge in [-0.2, -0.15) is 0 Å². The third kappa shape index (κ3) is 3.41. The summed E-state index contributed by atoms with van der Waals surface area (Å²) in [7, 11) is -1.46. The first-order chi connectivity index (χ1) is 9.28. The predicted molar refractivity (Wildman–Crippen MR) is 101 cm³/mol. The molecule has 20 heavy (non-hydrogen) atoms. The van der Waals surface area contributed by atoms with Crippen molar-refractivity contribution in [3.05, 3.63) is 15.4 Å². The lowest BCUT2D eigenvalue weighted by Gasteiger charge is -2.42. The molecule has 1 aromatic rings. The Kier molecular flexibility index (Phi) is 7.01. The fourth-order valence-electron chi connectivity index (χ4n) is 4.01. The van der Waals surface area contributed by atoms with Gasteiger partial charge in [0.2, 0.25) is 0 Å². The lowest BCUT2D eigenvalue weighted by molar-refractivity contribution is 0.795. The molecule has 3 heteroatoms. The number of rotatable bonds is 7. The zero-order valence-corrected chi connectivity index (χ0v) is 17.6. The van der Waals surface area contributed by atoms with Crippen molar-refractivity contribution in [2.45, 2.75) is 84.4 Å². The minimum Gasteiger partial charge on any atom is -0.138 e. The molecule has 0 N–H and O–H groups in total. The van der Waals surface area contributed by atoms with Crippen molar-refractivity contribution in [3.63, 3.8) is 0 Å². The highest BCUT2D eigenvalue weighted by atomic mass is 79.9. The molecule has 0 atom stereocenters.